The predicted molar refractivity (Wildman–Crippen MR) is 84.5 cm³/mol. The van der Waals surface area contributed by atoms with Crippen LogP contribution in [0.1, 0.15) is 6.92 Å². The van der Waals surface area contributed by atoms with Crippen LogP contribution >= 0.6 is 0 Å². The van der Waals surface area contributed by atoms with Crippen molar-refractivity contribution >= 4 is 23.0 Å². The Bertz CT molecular complexity index is 682. The first-order valence-corrected chi connectivity index (χ1v) is 6.64. The van der Waals surface area contributed by atoms with E-state index in [1.54, 1.807) is 56.7 Å². The van der Waals surface area contributed by atoms with Crippen molar-refractivity contribution in [2.45, 2.75) is 6.92 Å². The number of methoxy groups -OCH3 is 2. The first-order valence-electron chi connectivity index (χ1n) is 6.64. The molecule has 1 amide bonds. The molecule has 2 aromatic rings. The molecular formula is C16H17N3O3. The number of nitrogens with one attached hydrogen (secondary N) is 1. The summed E-state index contributed by atoms with van der Waals surface area (Å²) in [4.78, 5) is 11.0. The van der Waals surface area contributed by atoms with Gasteiger partial charge in [-0.1, -0.05) is 0 Å². The molecule has 0 aliphatic rings. The summed E-state index contributed by atoms with van der Waals surface area (Å²) in [5.41, 5.74) is 1.96. The lowest BCUT2D eigenvalue weighted by Gasteiger charge is -2.06. The summed E-state index contributed by atoms with van der Waals surface area (Å²) < 4.78 is 10.4. The molecule has 0 fully saturated rings. The summed E-state index contributed by atoms with van der Waals surface area (Å²) in [6.45, 7) is 1.46. The highest BCUT2D eigenvalue weighted by Gasteiger charge is 2.04. The summed E-state index contributed by atoms with van der Waals surface area (Å²) >= 11 is 0. The Hall–Kier alpha value is -2.89. The van der Waals surface area contributed by atoms with E-state index in [1.165, 1.54) is 6.92 Å². The van der Waals surface area contributed by atoms with Gasteiger partial charge in [-0.2, -0.15) is 5.11 Å². The Morgan fingerprint density at radius 2 is 1.73 bits per heavy atom. The van der Waals surface area contributed by atoms with E-state index < -0.39 is 0 Å². The second kappa shape index (κ2) is 7.21. The van der Waals surface area contributed by atoms with Gasteiger partial charge in [0.2, 0.25) is 5.91 Å². The third-order valence-electron chi connectivity index (χ3n) is 2.85. The van der Waals surface area contributed by atoms with Crippen LogP contribution in [0.25, 0.3) is 0 Å². The number of amides is 1. The second-order valence-corrected chi connectivity index (χ2v) is 4.47. The monoisotopic (exact) mass is 299 g/mol. The summed E-state index contributed by atoms with van der Waals surface area (Å²) in [6.07, 6.45) is 0. The first kappa shape index (κ1) is 15.5. The Morgan fingerprint density at radius 3 is 2.32 bits per heavy atom. The molecule has 22 heavy (non-hydrogen) atoms. The van der Waals surface area contributed by atoms with E-state index in [2.05, 4.69) is 15.5 Å². The Labute approximate surface area is 128 Å². The van der Waals surface area contributed by atoms with E-state index >= 15 is 0 Å². The van der Waals surface area contributed by atoms with Crippen LogP contribution in [0, 0.1) is 0 Å². The van der Waals surface area contributed by atoms with Crippen molar-refractivity contribution in [2.24, 2.45) is 10.2 Å². The number of rotatable bonds is 5. The lowest BCUT2D eigenvalue weighted by atomic mass is 10.3. The topological polar surface area (TPSA) is 72.3 Å². The number of carbonyl (C=O) groups is 1. The quantitative estimate of drug-likeness (QED) is 0.845. The molecule has 0 aromatic heterocycles. The zero-order chi connectivity index (χ0) is 15.9. The van der Waals surface area contributed by atoms with Crippen LogP contribution in [0.4, 0.5) is 17.1 Å². The standard InChI is InChI=1S/C16H17N3O3/c1-11(20)17-12-4-6-13(7-5-12)18-19-15-10-14(21-2)8-9-16(15)22-3/h4-10H,1-3H3,(H,17,20). The van der Waals surface area contributed by atoms with Gasteiger partial charge in [0.05, 0.1) is 19.9 Å². The van der Waals surface area contributed by atoms with Crippen LogP contribution in [0.5, 0.6) is 11.5 Å². The number of benzene rings is 2. The van der Waals surface area contributed by atoms with Crippen LogP contribution in [-0.2, 0) is 4.79 Å². The minimum absolute atomic E-state index is 0.115. The number of ether oxygens (including phenoxy) is 2. The fraction of sp³-hybridized carbons (Fsp3) is 0.188. The zero-order valence-electron chi connectivity index (χ0n) is 12.7. The molecular weight excluding hydrogens is 282 g/mol. The van der Waals surface area contributed by atoms with Crippen molar-refractivity contribution in [1.82, 2.24) is 0 Å². The van der Waals surface area contributed by atoms with Gasteiger partial charge >= 0.3 is 0 Å². The molecule has 114 valence electrons. The predicted octanol–water partition coefficient (Wildman–Crippen LogP) is 4.08. The minimum Gasteiger partial charge on any atom is -0.497 e. The van der Waals surface area contributed by atoms with Gasteiger partial charge in [0.15, 0.2) is 0 Å². The Kier molecular flexibility index (Phi) is 5.08. The van der Waals surface area contributed by atoms with Gasteiger partial charge < -0.3 is 14.8 Å². The lowest BCUT2D eigenvalue weighted by Crippen LogP contribution is -2.04. The van der Waals surface area contributed by atoms with Crippen LogP contribution in [0.3, 0.4) is 0 Å². The Balaban J connectivity index is 2.19. The number of azo groups is 1. The molecule has 6 heteroatoms. The van der Waals surface area contributed by atoms with E-state index in [0.29, 0.717) is 28.6 Å². The van der Waals surface area contributed by atoms with E-state index in [0.717, 1.165) is 0 Å². The molecule has 0 unspecified atom stereocenters. The molecule has 2 aromatic carbocycles. The van der Waals surface area contributed by atoms with Gasteiger partial charge in [0, 0.05) is 18.7 Å². The van der Waals surface area contributed by atoms with Gasteiger partial charge in [-0.25, -0.2) is 0 Å². The Morgan fingerprint density at radius 1 is 1.00 bits per heavy atom. The normalized spacial score (nSPS) is 10.5. The second-order valence-electron chi connectivity index (χ2n) is 4.47. The van der Waals surface area contributed by atoms with Gasteiger partial charge in [0.1, 0.15) is 17.2 Å². The molecule has 0 aliphatic heterocycles. The lowest BCUT2D eigenvalue weighted by molar-refractivity contribution is -0.114. The van der Waals surface area contributed by atoms with Crippen molar-refractivity contribution in [3.05, 3.63) is 42.5 Å². The minimum atomic E-state index is -0.115. The largest absolute Gasteiger partial charge is 0.497 e. The van der Waals surface area contributed by atoms with E-state index in [9.17, 15) is 4.79 Å². The van der Waals surface area contributed by atoms with E-state index in [1.807, 2.05) is 0 Å². The number of hydrogen-bond acceptors (Lipinski definition) is 5. The number of anilines is 1. The third-order valence-corrected chi connectivity index (χ3v) is 2.85. The third kappa shape index (κ3) is 4.05. The van der Waals surface area contributed by atoms with E-state index in [-0.39, 0.29) is 5.91 Å². The molecule has 0 saturated heterocycles. The maximum Gasteiger partial charge on any atom is 0.221 e. The summed E-state index contributed by atoms with van der Waals surface area (Å²) in [7, 11) is 3.16. The fourth-order valence-electron chi connectivity index (χ4n) is 1.80. The van der Waals surface area contributed by atoms with Crippen LogP contribution in [0.15, 0.2) is 52.7 Å². The van der Waals surface area contributed by atoms with Gasteiger partial charge in [-0.05, 0) is 36.4 Å². The van der Waals surface area contributed by atoms with Crippen molar-refractivity contribution in [3.63, 3.8) is 0 Å². The average Bonchev–Trinajstić information content (AvgIpc) is 2.53. The van der Waals surface area contributed by atoms with Crippen molar-refractivity contribution in [1.29, 1.82) is 0 Å². The van der Waals surface area contributed by atoms with Crippen LogP contribution < -0.4 is 14.8 Å². The summed E-state index contributed by atoms with van der Waals surface area (Å²) in [5, 5.41) is 11.0. The fourth-order valence-corrected chi connectivity index (χ4v) is 1.80. The summed E-state index contributed by atoms with van der Waals surface area (Å²) in [5.74, 6) is 1.17. The van der Waals surface area contributed by atoms with Crippen LogP contribution in [0.2, 0.25) is 0 Å². The highest BCUT2D eigenvalue weighted by Crippen LogP contribution is 2.32. The smallest absolute Gasteiger partial charge is 0.221 e. The molecule has 0 aliphatic carbocycles. The number of hydrogen-bond donors (Lipinski definition) is 1. The molecule has 0 bridgehead atoms. The molecule has 0 atom stereocenters. The molecule has 2 rings (SSSR count). The van der Waals surface area contributed by atoms with Gasteiger partial charge in [-0.3, -0.25) is 4.79 Å². The number of nitrogens with zero attached hydrogens (tertiary/aromatic N) is 2. The van der Waals surface area contributed by atoms with Crippen molar-refractivity contribution in [3.8, 4) is 11.5 Å². The highest BCUT2D eigenvalue weighted by molar-refractivity contribution is 5.88. The maximum absolute atomic E-state index is 11.0. The maximum atomic E-state index is 11.0. The zero-order valence-corrected chi connectivity index (χ0v) is 12.7. The molecule has 0 heterocycles. The highest BCUT2D eigenvalue weighted by atomic mass is 16.5. The molecule has 0 spiro atoms. The molecule has 0 saturated carbocycles. The SMILES string of the molecule is COc1ccc(OC)c(N=Nc2ccc(NC(C)=O)cc2)c1. The van der Waals surface area contributed by atoms with Gasteiger partial charge in [0.25, 0.3) is 0 Å². The van der Waals surface area contributed by atoms with Crippen molar-refractivity contribution < 1.29 is 14.3 Å². The first-order chi connectivity index (χ1) is 10.6. The van der Waals surface area contributed by atoms with Crippen LogP contribution in [-0.4, -0.2) is 20.1 Å². The van der Waals surface area contributed by atoms with E-state index in [4.69, 9.17) is 9.47 Å². The van der Waals surface area contributed by atoms with Gasteiger partial charge in [-0.15, -0.1) is 5.11 Å². The summed E-state index contributed by atoms with van der Waals surface area (Å²) in [6, 6.07) is 12.4. The van der Waals surface area contributed by atoms with Crippen molar-refractivity contribution in [2.75, 3.05) is 19.5 Å². The average molecular weight is 299 g/mol. The number of carbonyl (C=O) groups excluding carboxylic acids is 1. The molecule has 1 N–H and O–H groups in total. The molecule has 6 nitrogen and oxygen atoms in total. The molecule has 0 radical (unpaired) electrons.